The molecule has 0 amide bonds. The average molecular weight is 271 g/mol. The normalized spacial score (nSPS) is 18.5. The molecule has 1 aromatic rings. The molecule has 1 heterocycles. The molecule has 0 radical (unpaired) electrons. The van der Waals surface area contributed by atoms with Gasteiger partial charge in [-0.3, -0.25) is 0 Å². The smallest absolute Gasteiger partial charge is 0.0585 e. The molecule has 1 N–H and O–H groups in total. The van der Waals surface area contributed by atoms with Crippen LogP contribution in [-0.4, -0.2) is 24.9 Å². The van der Waals surface area contributed by atoms with E-state index in [1.807, 2.05) is 6.07 Å². The van der Waals surface area contributed by atoms with Crippen molar-refractivity contribution in [3.63, 3.8) is 0 Å². The highest BCUT2D eigenvalue weighted by atomic mass is 79.9. The quantitative estimate of drug-likeness (QED) is 0.911. The summed E-state index contributed by atoms with van der Waals surface area (Å²) in [6.07, 6.45) is 1.84. The van der Waals surface area contributed by atoms with Crippen molar-refractivity contribution in [2.75, 3.05) is 19.8 Å². The number of aliphatic hydroxyl groups is 1. The third-order valence-electron chi connectivity index (χ3n) is 3.01. The zero-order chi connectivity index (χ0) is 10.7. The second kappa shape index (κ2) is 4.64. The Balaban J connectivity index is 2.18. The van der Waals surface area contributed by atoms with E-state index in [0.717, 1.165) is 30.5 Å². The molecule has 0 atom stereocenters. The number of halogens is 1. The molecule has 1 saturated heterocycles. The van der Waals surface area contributed by atoms with E-state index < -0.39 is 0 Å². The Labute approximate surface area is 98.4 Å². The van der Waals surface area contributed by atoms with Crippen LogP contribution in [0.1, 0.15) is 18.4 Å². The van der Waals surface area contributed by atoms with E-state index in [1.165, 1.54) is 5.56 Å². The van der Waals surface area contributed by atoms with Crippen LogP contribution < -0.4 is 0 Å². The standard InChI is InChI=1S/C12H15BrO2/c13-11-4-1-3-10(7-11)12(5-2-6-14)8-15-9-12/h1,3-4,7,14H,2,5-6,8-9H2. The van der Waals surface area contributed by atoms with Crippen LogP contribution in [0.4, 0.5) is 0 Å². The third-order valence-corrected chi connectivity index (χ3v) is 3.50. The van der Waals surface area contributed by atoms with E-state index in [9.17, 15) is 0 Å². The Morgan fingerprint density at radius 2 is 2.20 bits per heavy atom. The van der Waals surface area contributed by atoms with Crippen LogP contribution in [0.2, 0.25) is 0 Å². The van der Waals surface area contributed by atoms with Gasteiger partial charge in [-0.05, 0) is 30.5 Å². The van der Waals surface area contributed by atoms with Crippen LogP contribution in [0.3, 0.4) is 0 Å². The predicted molar refractivity (Wildman–Crippen MR) is 63.0 cm³/mol. The lowest BCUT2D eigenvalue weighted by Crippen LogP contribution is -2.46. The summed E-state index contributed by atoms with van der Waals surface area (Å²) in [6.45, 7) is 1.82. The molecule has 1 aliphatic rings. The van der Waals surface area contributed by atoms with Crippen molar-refractivity contribution < 1.29 is 9.84 Å². The molecule has 1 fully saturated rings. The van der Waals surface area contributed by atoms with E-state index in [2.05, 4.69) is 34.1 Å². The van der Waals surface area contributed by atoms with Gasteiger partial charge < -0.3 is 9.84 Å². The molecule has 0 spiro atoms. The minimum atomic E-state index is 0.145. The van der Waals surface area contributed by atoms with Crippen LogP contribution in [0.25, 0.3) is 0 Å². The van der Waals surface area contributed by atoms with Gasteiger partial charge in [-0.2, -0.15) is 0 Å². The van der Waals surface area contributed by atoms with Gasteiger partial charge in [0.2, 0.25) is 0 Å². The maximum atomic E-state index is 8.90. The van der Waals surface area contributed by atoms with Crippen molar-refractivity contribution in [1.82, 2.24) is 0 Å². The van der Waals surface area contributed by atoms with Crippen LogP contribution in [-0.2, 0) is 10.2 Å². The SMILES string of the molecule is OCCCC1(c2cccc(Br)c2)COC1. The first-order chi connectivity index (χ1) is 7.27. The lowest BCUT2D eigenvalue weighted by atomic mass is 9.75. The monoisotopic (exact) mass is 270 g/mol. The topological polar surface area (TPSA) is 29.5 Å². The molecule has 2 nitrogen and oxygen atoms in total. The predicted octanol–water partition coefficient (Wildman–Crippen LogP) is 2.49. The molecule has 82 valence electrons. The first kappa shape index (κ1) is 11.1. The Morgan fingerprint density at radius 1 is 1.40 bits per heavy atom. The molecular weight excluding hydrogens is 256 g/mol. The summed E-state index contributed by atoms with van der Waals surface area (Å²) < 4.78 is 6.44. The Kier molecular flexibility index (Phi) is 3.44. The van der Waals surface area contributed by atoms with Gasteiger partial charge in [0, 0.05) is 16.5 Å². The minimum absolute atomic E-state index is 0.145. The van der Waals surface area contributed by atoms with E-state index in [-0.39, 0.29) is 12.0 Å². The van der Waals surface area contributed by atoms with Gasteiger partial charge in [-0.1, -0.05) is 28.1 Å². The highest BCUT2D eigenvalue weighted by Gasteiger charge is 2.39. The summed E-state index contributed by atoms with van der Waals surface area (Å²) in [7, 11) is 0. The van der Waals surface area contributed by atoms with Crippen molar-refractivity contribution in [1.29, 1.82) is 0 Å². The molecule has 1 aromatic carbocycles. The maximum Gasteiger partial charge on any atom is 0.0585 e. The molecule has 0 saturated carbocycles. The van der Waals surface area contributed by atoms with Gasteiger partial charge in [0.05, 0.1) is 13.2 Å². The summed E-state index contributed by atoms with van der Waals surface area (Å²) >= 11 is 3.49. The number of aliphatic hydroxyl groups excluding tert-OH is 1. The summed E-state index contributed by atoms with van der Waals surface area (Å²) in [4.78, 5) is 0. The molecule has 1 aliphatic heterocycles. The lowest BCUT2D eigenvalue weighted by Gasteiger charge is -2.42. The number of hydrogen-bond donors (Lipinski definition) is 1. The fourth-order valence-corrected chi connectivity index (χ4v) is 2.44. The fourth-order valence-electron chi connectivity index (χ4n) is 2.04. The van der Waals surface area contributed by atoms with Crippen molar-refractivity contribution in [3.8, 4) is 0 Å². The van der Waals surface area contributed by atoms with Crippen molar-refractivity contribution in [3.05, 3.63) is 34.3 Å². The van der Waals surface area contributed by atoms with Crippen LogP contribution >= 0.6 is 15.9 Å². The van der Waals surface area contributed by atoms with Gasteiger partial charge in [-0.15, -0.1) is 0 Å². The van der Waals surface area contributed by atoms with Crippen LogP contribution in [0.15, 0.2) is 28.7 Å². The Bertz CT molecular complexity index is 334. The largest absolute Gasteiger partial charge is 0.396 e. The summed E-state index contributed by atoms with van der Waals surface area (Å²) in [5, 5.41) is 8.90. The average Bonchev–Trinajstić information content (AvgIpc) is 2.16. The molecule has 0 aromatic heterocycles. The van der Waals surface area contributed by atoms with Gasteiger partial charge in [0.1, 0.15) is 0 Å². The van der Waals surface area contributed by atoms with Crippen molar-refractivity contribution in [2.45, 2.75) is 18.3 Å². The minimum Gasteiger partial charge on any atom is -0.396 e. The number of benzene rings is 1. The van der Waals surface area contributed by atoms with Gasteiger partial charge >= 0.3 is 0 Å². The molecular formula is C12H15BrO2. The third kappa shape index (κ3) is 2.25. The fraction of sp³-hybridized carbons (Fsp3) is 0.500. The van der Waals surface area contributed by atoms with Gasteiger partial charge in [-0.25, -0.2) is 0 Å². The number of hydrogen-bond acceptors (Lipinski definition) is 2. The summed E-state index contributed by atoms with van der Waals surface area (Å²) in [5.74, 6) is 0. The van der Waals surface area contributed by atoms with Gasteiger partial charge in [0.25, 0.3) is 0 Å². The van der Waals surface area contributed by atoms with E-state index >= 15 is 0 Å². The van der Waals surface area contributed by atoms with Crippen molar-refractivity contribution >= 4 is 15.9 Å². The molecule has 0 aliphatic carbocycles. The zero-order valence-corrected chi connectivity index (χ0v) is 10.2. The second-order valence-corrected chi connectivity index (χ2v) is 5.03. The first-order valence-electron chi connectivity index (χ1n) is 5.21. The lowest BCUT2D eigenvalue weighted by molar-refractivity contribution is -0.0665. The summed E-state index contributed by atoms with van der Waals surface area (Å²) in [5.41, 5.74) is 1.46. The van der Waals surface area contributed by atoms with Crippen LogP contribution in [0, 0.1) is 0 Å². The second-order valence-electron chi connectivity index (χ2n) is 4.11. The molecule has 2 rings (SSSR count). The first-order valence-corrected chi connectivity index (χ1v) is 6.01. The van der Waals surface area contributed by atoms with E-state index in [1.54, 1.807) is 0 Å². The zero-order valence-electron chi connectivity index (χ0n) is 8.58. The molecule has 3 heteroatoms. The molecule has 0 bridgehead atoms. The number of ether oxygens (including phenoxy) is 1. The highest BCUT2D eigenvalue weighted by molar-refractivity contribution is 9.10. The van der Waals surface area contributed by atoms with Crippen LogP contribution in [0.5, 0.6) is 0 Å². The molecule has 15 heavy (non-hydrogen) atoms. The van der Waals surface area contributed by atoms with Crippen molar-refractivity contribution in [2.24, 2.45) is 0 Å². The molecule has 0 unspecified atom stereocenters. The van der Waals surface area contributed by atoms with E-state index in [0.29, 0.717) is 0 Å². The maximum absolute atomic E-state index is 8.90. The van der Waals surface area contributed by atoms with E-state index in [4.69, 9.17) is 9.84 Å². The van der Waals surface area contributed by atoms with Gasteiger partial charge in [0.15, 0.2) is 0 Å². The number of rotatable bonds is 4. The highest BCUT2D eigenvalue weighted by Crippen LogP contribution is 2.37. The Hall–Kier alpha value is -0.380. The summed E-state index contributed by atoms with van der Waals surface area (Å²) in [6, 6.07) is 8.38. The Morgan fingerprint density at radius 3 is 2.73 bits per heavy atom.